The van der Waals surface area contributed by atoms with Crippen molar-refractivity contribution in [3.63, 3.8) is 0 Å². The Hall–Kier alpha value is -2.40. The summed E-state index contributed by atoms with van der Waals surface area (Å²) in [6.45, 7) is 2.12. The first-order valence-electron chi connectivity index (χ1n) is 7.26. The van der Waals surface area contributed by atoms with Crippen LogP contribution in [0.2, 0.25) is 5.02 Å². The fourth-order valence-corrected chi connectivity index (χ4v) is 2.62. The Morgan fingerprint density at radius 3 is 2.91 bits per heavy atom. The van der Waals surface area contributed by atoms with E-state index in [0.29, 0.717) is 23.7 Å². The lowest BCUT2D eigenvalue weighted by atomic mass is 9.95. The van der Waals surface area contributed by atoms with Crippen molar-refractivity contribution < 1.29 is 9.63 Å². The molecule has 0 saturated carbocycles. The van der Waals surface area contributed by atoms with Crippen LogP contribution < -0.4 is 5.32 Å². The van der Waals surface area contributed by atoms with E-state index in [2.05, 4.69) is 15.5 Å². The third-order valence-corrected chi connectivity index (χ3v) is 4.03. The molecule has 0 bridgehead atoms. The van der Waals surface area contributed by atoms with Crippen LogP contribution in [0.5, 0.6) is 0 Å². The molecule has 5 nitrogen and oxygen atoms in total. The van der Waals surface area contributed by atoms with Gasteiger partial charge in [-0.15, -0.1) is 0 Å². The van der Waals surface area contributed by atoms with Crippen LogP contribution in [-0.2, 0) is 16.2 Å². The minimum absolute atomic E-state index is 0.216. The highest BCUT2D eigenvalue weighted by atomic mass is 35.5. The zero-order valence-electron chi connectivity index (χ0n) is 12.6. The standard InChI is InChI=1S/C17H16ClN3O2/c1-17(16(22)20-11-12-5-4-8-19-10-12)9-15(21-23-17)13-6-2-3-7-14(13)18/h2-8,10H,9,11H2,1H3,(H,20,22). The monoisotopic (exact) mass is 329 g/mol. The molecule has 1 unspecified atom stereocenters. The number of amides is 1. The number of nitrogens with one attached hydrogen (secondary N) is 1. The second kappa shape index (κ2) is 6.38. The topological polar surface area (TPSA) is 63.6 Å². The van der Waals surface area contributed by atoms with Gasteiger partial charge in [-0.25, -0.2) is 0 Å². The van der Waals surface area contributed by atoms with Crippen LogP contribution in [0.3, 0.4) is 0 Å². The fourth-order valence-electron chi connectivity index (χ4n) is 2.37. The number of halogens is 1. The molecule has 2 aromatic rings. The van der Waals surface area contributed by atoms with E-state index in [1.807, 2.05) is 30.3 Å². The van der Waals surface area contributed by atoms with E-state index in [1.165, 1.54) is 0 Å². The molecule has 2 heterocycles. The largest absolute Gasteiger partial charge is 0.379 e. The molecule has 1 aromatic carbocycles. The molecule has 118 valence electrons. The SMILES string of the molecule is CC1(C(=O)NCc2cccnc2)CC(c2ccccc2Cl)=NO1. The first-order chi connectivity index (χ1) is 11.1. The normalized spacial score (nSPS) is 19.8. The van der Waals surface area contributed by atoms with Crippen LogP contribution in [0.4, 0.5) is 0 Å². The van der Waals surface area contributed by atoms with Crippen molar-refractivity contribution in [3.05, 3.63) is 64.9 Å². The van der Waals surface area contributed by atoms with Crippen LogP contribution in [0.25, 0.3) is 0 Å². The molecule has 1 amide bonds. The number of aromatic nitrogens is 1. The maximum atomic E-state index is 12.4. The number of carbonyl (C=O) groups is 1. The first kappa shape index (κ1) is 15.5. The molecule has 1 N–H and O–H groups in total. The van der Waals surface area contributed by atoms with Crippen molar-refractivity contribution in [2.24, 2.45) is 5.16 Å². The number of rotatable bonds is 4. The van der Waals surface area contributed by atoms with Gasteiger partial charge < -0.3 is 10.2 Å². The van der Waals surface area contributed by atoms with E-state index >= 15 is 0 Å². The van der Waals surface area contributed by atoms with E-state index in [4.69, 9.17) is 16.4 Å². The Bertz CT molecular complexity index is 749. The molecule has 3 rings (SSSR count). The van der Waals surface area contributed by atoms with Crippen molar-refractivity contribution in [2.75, 3.05) is 0 Å². The van der Waals surface area contributed by atoms with Crippen LogP contribution >= 0.6 is 11.6 Å². The molecule has 6 heteroatoms. The zero-order valence-corrected chi connectivity index (χ0v) is 13.4. The summed E-state index contributed by atoms with van der Waals surface area (Å²) in [6.07, 6.45) is 3.77. The summed E-state index contributed by atoms with van der Waals surface area (Å²) in [6, 6.07) is 11.1. The van der Waals surface area contributed by atoms with Gasteiger partial charge in [-0.05, 0) is 24.6 Å². The van der Waals surface area contributed by atoms with Gasteiger partial charge in [-0.3, -0.25) is 9.78 Å². The highest BCUT2D eigenvalue weighted by Crippen LogP contribution is 2.29. The number of carbonyl (C=O) groups excluding carboxylic acids is 1. The van der Waals surface area contributed by atoms with Gasteiger partial charge >= 0.3 is 0 Å². The van der Waals surface area contributed by atoms with Crippen molar-refractivity contribution in [1.29, 1.82) is 0 Å². The molecule has 1 aliphatic heterocycles. The van der Waals surface area contributed by atoms with Crippen LogP contribution in [0.15, 0.2) is 53.9 Å². The lowest BCUT2D eigenvalue weighted by molar-refractivity contribution is -0.141. The highest BCUT2D eigenvalue weighted by molar-refractivity contribution is 6.34. The molecule has 0 fully saturated rings. The number of hydrogen-bond donors (Lipinski definition) is 1. The summed E-state index contributed by atoms with van der Waals surface area (Å²) in [4.78, 5) is 21.9. The van der Waals surface area contributed by atoms with E-state index in [9.17, 15) is 4.79 Å². The summed E-state index contributed by atoms with van der Waals surface area (Å²) in [5.74, 6) is -0.216. The third kappa shape index (κ3) is 3.35. The molecular formula is C17H16ClN3O2. The van der Waals surface area contributed by atoms with E-state index in [-0.39, 0.29) is 5.91 Å². The van der Waals surface area contributed by atoms with Crippen molar-refractivity contribution in [1.82, 2.24) is 10.3 Å². The van der Waals surface area contributed by atoms with Crippen LogP contribution in [0.1, 0.15) is 24.5 Å². The minimum atomic E-state index is -1.03. The van der Waals surface area contributed by atoms with E-state index in [1.54, 1.807) is 25.4 Å². The molecule has 0 spiro atoms. The van der Waals surface area contributed by atoms with Gasteiger partial charge in [0.15, 0.2) is 0 Å². The zero-order chi connectivity index (χ0) is 16.3. The Morgan fingerprint density at radius 2 is 2.17 bits per heavy atom. The average Bonchev–Trinajstić information content (AvgIpc) is 2.97. The Balaban J connectivity index is 1.65. The quantitative estimate of drug-likeness (QED) is 0.938. The van der Waals surface area contributed by atoms with Gasteiger partial charge in [0.1, 0.15) is 0 Å². The molecule has 23 heavy (non-hydrogen) atoms. The molecule has 1 aliphatic rings. The molecular weight excluding hydrogens is 314 g/mol. The van der Waals surface area contributed by atoms with Gasteiger partial charge in [0.2, 0.25) is 5.60 Å². The van der Waals surface area contributed by atoms with Gasteiger partial charge in [0.05, 0.1) is 5.71 Å². The maximum absolute atomic E-state index is 12.4. The van der Waals surface area contributed by atoms with E-state index in [0.717, 1.165) is 11.1 Å². The van der Waals surface area contributed by atoms with Gasteiger partial charge in [-0.1, -0.05) is 41.0 Å². The maximum Gasteiger partial charge on any atom is 0.267 e. The lowest BCUT2D eigenvalue weighted by Gasteiger charge is -2.20. The number of pyridine rings is 1. The summed E-state index contributed by atoms with van der Waals surface area (Å²) in [7, 11) is 0. The molecule has 0 aliphatic carbocycles. The molecule has 0 saturated heterocycles. The molecule has 0 radical (unpaired) electrons. The third-order valence-electron chi connectivity index (χ3n) is 3.70. The number of oxime groups is 1. The molecule has 1 atom stereocenters. The molecule has 1 aromatic heterocycles. The summed E-state index contributed by atoms with van der Waals surface area (Å²) in [5.41, 5.74) is 1.36. The van der Waals surface area contributed by atoms with Crippen LogP contribution in [-0.4, -0.2) is 22.2 Å². The van der Waals surface area contributed by atoms with Crippen LogP contribution in [0, 0.1) is 0 Å². The van der Waals surface area contributed by atoms with Gasteiger partial charge in [0, 0.05) is 35.9 Å². The van der Waals surface area contributed by atoms with Crippen molar-refractivity contribution >= 4 is 23.2 Å². The Labute approximate surface area is 139 Å². The number of benzene rings is 1. The smallest absolute Gasteiger partial charge is 0.267 e. The minimum Gasteiger partial charge on any atom is -0.379 e. The first-order valence-corrected chi connectivity index (χ1v) is 7.63. The van der Waals surface area contributed by atoms with Crippen molar-refractivity contribution in [2.45, 2.75) is 25.5 Å². The summed E-state index contributed by atoms with van der Waals surface area (Å²) in [5, 5.41) is 7.51. The second-order valence-electron chi connectivity index (χ2n) is 5.56. The Kier molecular flexibility index (Phi) is 4.30. The average molecular weight is 330 g/mol. The number of nitrogens with zero attached hydrogens (tertiary/aromatic N) is 2. The predicted molar refractivity (Wildman–Crippen MR) is 88.2 cm³/mol. The van der Waals surface area contributed by atoms with Gasteiger partial charge in [-0.2, -0.15) is 0 Å². The predicted octanol–water partition coefficient (Wildman–Crippen LogP) is 2.93. The highest BCUT2D eigenvalue weighted by Gasteiger charge is 2.42. The van der Waals surface area contributed by atoms with Crippen molar-refractivity contribution in [3.8, 4) is 0 Å². The fraction of sp³-hybridized carbons (Fsp3) is 0.235. The second-order valence-corrected chi connectivity index (χ2v) is 5.97. The van der Waals surface area contributed by atoms with Gasteiger partial charge in [0.25, 0.3) is 5.91 Å². The summed E-state index contributed by atoms with van der Waals surface area (Å²) < 4.78 is 0. The lowest BCUT2D eigenvalue weighted by Crippen LogP contribution is -2.44. The number of hydrogen-bond acceptors (Lipinski definition) is 4. The Morgan fingerprint density at radius 1 is 1.35 bits per heavy atom. The summed E-state index contributed by atoms with van der Waals surface area (Å²) >= 11 is 6.17. The van der Waals surface area contributed by atoms with E-state index < -0.39 is 5.60 Å².